The van der Waals surface area contributed by atoms with E-state index in [1.54, 1.807) is 62.8 Å². The van der Waals surface area contributed by atoms with Crippen LogP contribution in [0.2, 0.25) is 0 Å². The topological polar surface area (TPSA) is 107 Å². The molecule has 192 valence electrons. The molecule has 2 aromatic carbocycles. The number of rotatable bonds is 6. The summed E-state index contributed by atoms with van der Waals surface area (Å²) in [5.41, 5.74) is 0.268. The maximum atomic E-state index is 13.6. The zero-order valence-corrected chi connectivity index (χ0v) is 22.3. The van der Waals surface area contributed by atoms with Gasteiger partial charge in [0.25, 0.3) is 0 Å². The smallest absolute Gasteiger partial charge is 0.308 e. The summed E-state index contributed by atoms with van der Waals surface area (Å²) in [4.78, 5) is 54.5. The van der Waals surface area contributed by atoms with Crippen LogP contribution in [0, 0.1) is 5.92 Å². The van der Waals surface area contributed by atoms with Crippen molar-refractivity contribution in [3.63, 3.8) is 0 Å². The zero-order valence-electron chi connectivity index (χ0n) is 20.6. The molecule has 2 aliphatic heterocycles. The fourth-order valence-electron chi connectivity index (χ4n) is 4.77. The van der Waals surface area contributed by atoms with E-state index in [0.29, 0.717) is 32.8 Å². The van der Waals surface area contributed by atoms with Gasteiger partial charge in [0.1, 0.15) is 23.3 Å². The number of hydrogen-bond acceptors (Lipinski definition) is 8. The Kier molecular flexibility index (Phi) is 6.36. The molecular formula is C26H25N3O6S2. The Hall–Kier alpha value is -3.57. The van der Waals surface area contributed by atoms with Crippen LogP contribution in [-0.4, -0.2) is 41.8 Å². The first kappa shape index (κ1) is 25.1. The quantitative estimate of drug-likeness (QED) is 0.478. The molecule has 0 spiro atoms. The molecule has 0 bridgehead atoms. The molecule has 3 amide bonds. The number of imide groups is 1. The highest BCUT2D eigenvalue weighted by Gasteiger charge is 2.59. The number of aromatic nitrogens is 1. The molecule has 2 aliphatic rings. The molecule has 0 radical (unpaired) electrons. The van der Waals surface area contributed by atoms with Crippen LogP contribution in [0.5, 0.6) is 11.5 Å². The van der Waals surface area contributed by atoms with Gasteiger partial charge in [-0.1, -0.05) is 36.9 Å². The number of fused-ring (bicyclic) bond motifs is 2. The van der Waals surface area contributed by atoms with Gasteiger partial charge in [0.2, 0.25) is 17.7 Å². The number of anilines is 2. The summed E-state index contributed by atoms with van der Waals surface area (Å²) in [5.74, 6) is -0.367. The molecule has 9 nitrogen and oxygen atoms in total. The van der Waals surface area contributed by atoms with Crippen molar-refractivity contribution < 1.29 is 23.9 Å². The van der Waals surface area contributed by atoms with Crippen LogP contribution in [0.3, 0.4) is 0 Å². The molecule has 3 aromatic rings. The minimum atomic E-state index is -0.777. The lowest BCUT2D eigenvalue weighted by Gasteiger charge is -2.36. The Labute approximate surface area is 221 Å². The summed E-state index contributed by atoms with van der Waals surface area (Å²) >= 11 is 2.21. The normalized spacial score (nSPS) is 19.8. The van der Waals surface area contributed by atoms with Crippen LogP contribution in [0.4, 0.5) is 11.4 Å². The van der Waals surface area contributed by atoms with Gasteiger partial charge >= 0.3 is 4.87 Å². The van der Waals surface area contributed by atoms with Crippen LogP contribution in [-0.2, 0) is 26.3 Å². The average Bonchev–Trinajstić information content (AvgIpc) is 3.33. The Morgan fingerprint density at radius 2 is 1.54 bits per heavy atom. The highest BCUT2D eigenvalue weighted by atomic mass is 32.2. The Balaban J connectivity index is 1.43. The summed E-state index contributed by atoms with van der Waals surface area (Å²) in [6, 6.07) is 13.6. The Morgan fingerprint density at radius 3 is 2.14 bits per heavy atom. The number of benzene rings is 2. The standard InChI is InChI=1S/C26H25N3O6S2/c1-26(2)19-20(23(32)29(22(19)31)15-7-11-17(35-4)12-8-15)36-24-21(26)37-25(33)28(24)13-18(30)27-14-5-9-16(34-3)10-6-14/h5-12,19-20H,13H2,1-4H3,(H,27,30). The van der Waals surface area contributed by atoms with Gasteiger partial charge in [-0.3, -0.25) is 23.7 Å². The molecule has 5 rings (SSSR count). The number of hydrogen-bond donors (Lipinski definition) is 1. The minimum Gasteiger partial charge on any atom is -0.497 e. The molecule has 1 fully saturated rings. The van der Waals surface area contributed by atoms with Gasteiger partial charge in [0.15, 0.2) is 0 Å². The van der Waals surface area contributed by atoms with Gasteiger partial charge in [-0.15, -0.1) is 0 Å². The van der Waals surface area contributed by atoms with E-state index in [-0.39, 0.29) is 29.1 Å². The number of carbonyl (C=O) groups excluding carboxylic acids is 3. The first-order chi connectivity index (χ1) is 17.6. The molecule has 1 N–H and O–H groups in total. The van der Waals surface area contributed by atoms with Crippen molar-refractivity contribution >= 4 is 52.2 Å². The van der Waals surface area contributed by atoms with E-state index in [4.69, 9.17) is 9.47 Å². The molecule has 11 heteroatoms. The second kappa shape index (κ2) is 9.38. The van der Waals surface area contributed by atoms with Crippen molar-refractivity contribution in [3.8, 4) is 11.5 Å². The molecule has 37 heavy (non-hydrogen) atoms. The third-order valence-corrected chi connectivity index (χ3v) is 9.53. The van der Waals surface area contributed by atoms with Gasteiger partial charge in [-0.2, -0.15) is 0 Å². The molecule has 2 unspecified atom stereocenters. The van der Waals surface area contributed by atoms with Crippen molar-refractivity contribution in [1.29, 1.82) is 0 Å². The lowest BCUT2D eigenvalue weighted by molar-refractivity contribution is -0.123. The van der Waals surface area contributed by atoms with Crippen molar-refractivity contribution in [3.05, 3.63) is 63.1 Å². The SMILES string of the molecule is COc1ccc(NC(=O)Cn2c3c(sc2=O)C(C)(C)C2C(=O)N(c4ccc(OC)cc4)C(=O)C2S3)cc1. The predicted molar refractivity (Wildman–Crippen MR) is 142 cm³/mol. The summed E-state index contributed by atoms with van der Waals surface area (Å²) < 4.78 is 11.7. The van der Waals surface area contributed by atoms with Crippen LogP contribution < -0.4 is 24.6 Å². The van der Waals surface area contributed by atoms with Crippen molar-refractivity contribution in [2.24, 2.45) is 5.92 Å². The number of amides is 3. The summed E-state index contributed by atoms with van der Waals surface area (Å²) in [5, 5.41) is 2.64. The maximum absolute atomic E-state index is 13.6. The fraction of sp³-hybridized carbons (Fsp3) is 0.308. The maximum Gasteiger partial charge on any atom is 0.308 e. The highest BCUT2D eigenvalue weighted by molar-refractivity contribution is 8.00. The van der Waals surface area contributed by atoms with E-state index in [0.717, 1.165) is 11.3 Å². The number of thiazole rings is 1. The molecule has 0 saturated carbocycles. The van der Waals surface area contributed by atoms with Crippen LogP contribution in [0.1, 0.15) is 18.7 Å². The third kappa shape index (κ3) is 4.21. The van der Waals surface area contributed by atoms with Crippen molar-refractivity contribution in [1.82, 2.24) is 4.57 Å². The summed E-state index contributed by atoms with van der Waals surface area (Å²) in [6.07, 6.45) is 0. The van der Waals surface area contributed by atoms with Gasteiger partial charge in [-0.05, 0) is 48.5 Å². The Morgan fingerprint density at radius 1 is 0.946 bits per heavy atom. The van der Waals surface area contributed by atoms with E-state index in [9.17, 15) is 19.2 Å². The lowest BCUT2D eigenvalue weighted by atomic mass is 9.76. The molecule has 3 heterocycles. The zero-order chi connectivity index (χ0) is 26.5. The van der Waals surface area contributed by atoms with Gasteiger partial charge in [0.05, 0.1) is 30.9 Å². The van der Waals surface area contributed by atoms with E-state index >= 15 is 0 Å². The second-order valence-corrected chi connectivity index (χ2v) is 11.4. The summed E-state index contributed by atoms with van der Waals surface area (Å²) in [7, 11) is 3.10. The lowest BCUT2D eigenvalue weighted by Crippen LogP contribution is -2.41. The molecular weight excluding hydrogens is 514 g/mol. The predicted octanol–water partition coefficient (Wildman–Crippen LogP) is 3.51. The molecule has 2 atom stereocenters. The van der Waals surface area contributed by atoms with E-state index in [1.165, 1.54) is 21.2 Å². The van der Waals surface area contributed by atoms with Crippen LogP contribution in [0.25, 0.3) is 0 Å². The first-order valence-corrected chi connectivity index (χ1v) is 13.2. The van der Waals surface area contributed by atoms with Crippen LogP contribution >= 0.6 is 23.1 Å². The number of methoxy groups -OCH3 is 2. The number of ether oxygens (including phenoxy) is 2. The second-order valence-electron chi connectivity index (χ2n) is 9.31. The van der Waals surface area contributed by atoms with Gasteiger partial charge < -0.3 is 14.8 Å². The number of thioether (sulfide) groups is 1. The number of nitrogens with zero attached hydrogens (tertiary/aromatic N) is 2. The van der Waals surface area contributed by atoms with E-state index in [2.05, 4.69) is 5.32 Å². The highest BCUT2D eigenvalue weighted by Crippen LogP contribution is 2.54. The summed E-state index contributed by atoms with van der Waals surface area (Å²) in [6.45, 7) is 3.55. The molecule has 1 aromatic heterocycles. The van der Waals surface area contributed by atoms with E-state index in [1.807, 2.05) is 13.8 Å². The van der Waals surface area contributed by atoms with Gasteiger partial charge in [0, 0.05) is 16.0 Å². The molecule has 0 aliphatic carbocycles. The van der Waals surface area contributed by atoms with Crippen molar-refractivity contribution in [2.75, 3.05) is 24.4 Å². The monoisotopic (exact) mass is 539 g/mol. The largest absolute Gasteiger partial charge is 0.497 e. The van der Waals surface area contributed by atoms with E-state index < -0.39 is 16.6 Å². The third-order valence-electron chi connectivity index (χ3n) is 6.71. The van der Waals surface area contributed by atoms with Crippen molar-refractivity contribution in [2.45, 2.75) is 36.1 Å². The van der Waals surface area contributed by atoms with Crippen LogP contribution in [0.15, 0.2) is 58.4 Å². The van der Waals surface area contributed by atoms with Gasteiger partial charge in [-0.25, -0.2) is 4.90 Å². The minimum absolute atomic E-state index is 0.207. The first-order valence-electron chi connectivity index (χ1n) is 11.5. The Bertz CT molecular complexity index is 1440. The number of nitrogens with one attached hydrogen (secondary N) is 1. The average molecular weight is 540 g/mol. The molecule has 1 saturated heterocycles. The number of carbonyl (C=O) groups is 3. The fourth-order valence-corrected chi connectivity index (χ4v) is 7.81.